The average molecular weight is 369 g/mol. The van der Waals surface area contributed by atoms with Crippen LogP contribution in [-0.2, 0) is 19.7 Å². The number of halogens is 1. The number of ether oxygens (including phenoxy) is 2. The van der Waals surface area contributed by atoms with E-state index in [1.807, 2.05) is 48.5 Å². The van der Waals surface area contributed by atoms with Crippen LogP contribution in [0.5, 0.6) is 11.5 Å². The van der Waals surface area contributed by atoms with E-state index in [0.29, 0.717) is 6.61 Å². The Kier molecular flexibility index (Phi) is 6.53. The topological polar surface area (TPSA) is 35.1 Å². The fourth-order valence-corrected chi connectivity index (χ4v) is 2.93. The van der Waals surface area contributed by atoms with Gasteiger partial charge in [-0.3, -0.25) is 0 Å². The summed E-state index contributed by atoms with van der Waals surface area (Å²) in [6, 6.07) is 24.1. The normalized spacial score (nSPS) is 10.5. The van der Waals surface area contributed by atoms with Crippen LogP contribution in [-0.4, -0.2) is 7.11 Å². The van der Waals surface area contributed by atoms with Gasteiger partial charge in [-0.1, -0.05) is 41.9 Å². The van der Waals surface area contributed by atoms with Gasteiger partial charge < -0.3 is 14.8 Å². The Labute approximate surface area is 159 Å². The summed E-state index contributed by atoms with van der Waals surface area (Å²) >= 11 is 6.18. The number of rotatable bonds is 8. The maximum absolute atomic E-state index is 6.18. The maximum atomic E-state index is 6.18. The monoisotopic (exact) mass is 368 g/mol. The van der Waals surface area contributed by atoms with E-state index >= 15 is 0 Å². The van der Waals surface area contributed by atoms with Gasteiger partial charge in [0, 0.05) is 16.1 Å². The molecule has 26 heavy (non-hydrogen) atoms. The molecule has 3 aromatic carbocycles. The summed E-state index contributed by atoms with van der Waals surface area (Å²) in [5, 5.41) is 2.97. The van der Waals surface area contributed by atoms with Crippen LogP contribution < -0.4 is 14.8 Å². The molecule has 2 N–H and O–H groups in total. The minimum Gasteiger partial charge on any atom is -0.497 e. The van der Waals surface area contributed by atoms with Crippen LogP contribution in [0.15, 0.2) is 72.8 Å². The molecule has 4 heteroatoms. The summed E-state index contributed by atoms with van der Waals surface area (Å²) in [6.45, 7) is 2.24. The van der Waals surface area contributed by atoms with Gasteiger partial charge in [-0.2, -0.15) is 0 Å². The predicted molar refractivity (Wildman–Crippen MR) is 105 cm³/mol. The SMILES string of the molecule is COc1ccc(C[NH2+]Cc2cc(Cl)ccc2OCc2ccccc2)cc1. The third kappa shape index (κ3) is 5.25. The second-order valence-electron chi connectivity index (χ2n) is 6.07. The third-order valence-corrected chi connectivity index (χ3v) is 4.40. The molecular formula is C22H23ClNO2+. The van der Waals surface area contributed by atoms with Crippen molar-refractivity contribution in [3.8, 4) is 11.5 Å². The third-order valence-electron chi connectivity index (χ3n) is 4.16. The number of hydrogen-bond donors (Lipinski definition) is 1. The van der Waals surface area contributed by atoms with Gasteiger partial charge in [-0.25, -0.2) is 0 Å². The van der Waals surface area contributed by atoms with E-state index < -0.39 is 0 Å². The molecule has 0 unspecified atom stereocenters. The van der Waals surface area contributed by atoms with Crippen LogP contribution in [0.4, 0.5) is 0 Å². The van der Waals surface area contributed by atoms with E-state index in [1.54, 1.807) is 7.11 Å². The first-order valence-electron chi connectivity index (χ1n) is 8.64. The number of methoxy groups -OCH3 is 1. The highest BCUT2D eigenvalue weighted by atomic mass is 35.5. The van der Waals surface area contributed by atoms with Gasteiger partial charge in [0.15, 0.2) is 0 Å². The van der Waals surface area contributed by atoms with Gasteiger partial charge in [0.1, 0.15) is 31.2 Å². The van der Waals surface area contributed by atoms with Gasteiger partial charge in [0.05, 0.1) is 7.11 Å². The molecule has 0 atom stereocenters. The molecule has 0 saturated carbocycles. The smallest absolute Gasteiger partial charge is 0.128 e. The van der Waals surface area contributed by atoms with Crippen LogP contribution in [0.25, 0.3) is 0 Å². The van der Waals surface area contributed by atoms with Crippen molar-refractivity contribution in [1.29, 1.82) is 0 Å². The minimum atomic E-state index is 0.550. The Bertz CT molecular complexity index is 819. The first kappa shape index (κ1) is 18.3. The first-order chi connectivity index (χ1) is 12.7. The zero-order chi connectivity index (χ0) is 18.2. The summed E-state index contributed by atoms with van der Waals surface area (Å²) < 4.78 is 11.2. The Hall–Kier alpha value is -2.49. The number of quaternary nitrogens is 1. The van der Waals surface area contributed by atoms with Gasteiger partial charge in [0.25, 0.3) is 0 Å². The molecule has 0 bridgehead atoms. The van der Waals surface area contributed by atoms with E-state index in [4.69, 9.17) is 21.1 Å². The summed E-state index contributed by atoms with van der Waals surface area (Å²) in [7, 11) is 1.68. The Balaban J connectivity index is 1.60. The quantitative estimate of drug-likeness (QED) is 0.647. The molecule has 0 fully saturated rings. The minimum absolute atomic E-state index is 0.550. The Morgan fingerprint density at radius 1 is 0.846 bits per heavy atom. The Morgan fingerprint density at radius 2 is 1.62 bits per heavy atom. The molecule has 3 aromatic rings. The van der Waals surface area contributed by atoms with Crippen molar-refractivity contribution in [2.75, 3.05) is 7.11 Å². The highest BCUT2D eigenvalue weighted by molar-refractivity contribution is 6.30. The molecule has 0 radical (unpaired) electrons. The zero-order valence-electron chi connectivity index (χ0n) is 14.8. The lowest BCUT2D eigenvalue weighted by Gasteiger charge is -2.12. The predicted octanol–water partition coefficient (Wildman–Crippen LogP) is 4.19. The van der Waals surface area contributed by atoms with Crippen LogP contribution in [0.1, 0.15) is 16.7 Å². The van der Waals surface area contributed by atoms with E-state index in [1.165, 1.54) is 5.56 Å². The standard InChI is InChI=1S/C22H22ClNO2/c1-25-21-10-7-17(8-11-21)14-24-15-19-13-20(23)9-12-22(19)26-16-18-5-3-2-4-6-18/h2-13,24H,14-16H2,1H3/p+1. The van der Waals surface area contributed by atoms with Crippen LogP contribution in [0, 0.1) is 0 Å². The number of hydrogen-bond acceptors (Lipinski definition) is 2. The molecule has 134 valence electrons. The second kappa shape index (κ2) is 9.27. The van der Waals surface area contributed by atoms with E-state index in [2.05, 4.69) is 29.6 Å². The fraction of sp³-hybridized carbons (Fsp3) is 0.182. The summed E-state index contributed by atoms with van der Waals surface area (Å²) in [5.41, 5.74) is 3.50. The van der Waals surface area contributed by atoms with Crippen molar-refractivity contribution in [2.24, 2.45) is 0 Å². The summed E-state index contributed by atoms with van der Waals surface area (Å²) in [6.07, 6.45) is 0. The molecule has 3 rings (SSSR count). The second-order valence-corrected chi connectivity index (χ2v) is 6.51. The van der Waals surface area contributed by atoms with E-state index in [9.17, 15) is 0 Å². The Morgan fingerprint density at radius 3 is 2.35 bits per heavy atom. The van der Waals surface area contributed by atoms with E-state index in [0.717, 1.165) is 40.7 Å². The molecule has 0 heterocycles. The average Bonchev–Trinajstić information content (AvgIpc) is 2.69. The molecule has 0 spiro atoms. The lowest BCUT2D eigenvalue weighted by molar-refractivity contribution is -0.686. The first-order valence-corrected chi connectivity index (χ1v) is 9.02. The molecule has 0 aliphatic carbocycles. The van der Waals surface area contributed by atoms with Gasteiger partial charge in [-0.15, -0.1) is 0 Å². The molecule has 0 aromatic heterocycles. The van der Waals surface area contributed by atoms with Crippen LogP contribution in [0.3, 0.4) is 0 Å². The highest BCUT2D eigenvalue weighted by Gasteiger charge is 2.08. The number of nitrogens with two attached hydrogens (primary N) is 1. The van der Waals surface area contributed by atoms with E-state index in [-0.39, 0.29) is 0 Å². The molecular weight excluding hydrogens is 346 g/mol. The zero-order valence-corrected chi connectivity index (χ0v) is 15.6. The van der Waals surface area contributed by atoms with Crippen molar-refractivity contribution >= 4 is 11.6 Å². The van der Waals surface area contributed by atoms with Gasteiger partial charge >= 0.3 is 0 Å². The molecule has 0 aliphatic heterocycles. The van der Waals surface area contributed by atoms with Crippen molar-refractivity contribution in [1.82, 2.24) is 0 Å². The summed E-state index contributed by atoms with van der Waals surface area (Å²) in [4.78, 5) is 0. The number of benzene rings is 3. The van der Waals surface area contributed by atoms with Gasteiger partial charge in [0.2, 0.25) is 0 Å². The molecule has 0 amide bonds. The largest absolute Gasteiger partial charge is 0.497 e. The van der Waals surface area contributed by atoms with Crippen LogP contribution in [0.2, 0.25) is 5.02 Å². The van der Waals surface area contributed by atoms with Crippen molar-refractivity contribution in [3.63, 3.8) is 0 Å². The molecule has 3 nitrogen and oxygen atoms in total. The summed E-state index contributed by atoms with van der Waals surface area (Å²) in [5.74, 6) is 1.75. The van der Waals surface area contributed by atoms with Crippen molar-refractivity contribution in [2.45, 2.75) is 19.7 Å². The highest BCUT2D eigenvalue weighted by Crippen LogP contribution is 2.23. The fourth-order valence-electron chi connectivity index (χ4n) is 2.74. The van der Waals surface area contributed by atoms with Crippen molar-refractivity contribution in [3.05, 3.63) is 94.5 Å². The molecule has 0 aliphatic rings. The van der Waals surface area contributed by atoms with Gasteiger partial charge in [-0.05, 0) is 48.0 Å². The lowest BCUT2D eigenvalue weighted by atomic mass is 10.1. The van der Waals surface area contributed by atoms with Crippen LogP contribution >= 0.6 is 11.6 Å². The maximum Gasteiger partial charge on any atom is 0.128 e. The lowest BCUT2D eigenvalue weighted by Crippen LogP contribution is -2.80. The van der Waals surface area contributed by atoms with Crippen molar-refractivity contribution < 1.29 is 14.8 Å². The molecule has 0 saturated heterocycles.